The summed E-state index contributed by atoms with van der Waals surface area (Å²) in [5, 5.41) is 0. The molecule has 0 aliphatic rings. The number of carbonyl (C=O) groups excluding carboxylic acids is 1. The normalized spacial score (nSPS) is 11.2. The number of nitrogens with two attached hydrogens (primary N) is 1. The number of likely N-dealkylation sites (N-methyl/N-ethyl adjacent to an activating group) is 1. The molecule has 1 rings (SSSR count). The van der Waals surface area contributed by atoms with E-state index in [4.69, 9.17) is 19.9 Å². The number of rotatable bonds is 8. The fourth-order valence-corrected chi connectivity index (χ4v) is 2.49. The van der Waals surface area contributed by atoms with Gasteiger partial charge >= 0.3 is 0 Å². The molecule has 1 aromatic carbocycles. The molecule has 1 aromatic rings. The predicted octanol–water partition coefficient (Wildman–Crippen LogP) is 2.18. The van der Waals surface area contributed by atoms with Gasteiger partial charge in [-0.05, 0) is 18.4 Å². The molecule has 0 bridgehead atoms. The van der Waals surface area contributed by atoms with Crippen LogP contribution in [-0.4, -0.2) is 52.3 Å². The van der Waals surface area contributed by atoms with E-state index in [0.717, 1.165) is 5.75 Å². The summed E-state index contributed by atoms with van der Waals surface area (Å²) < 4.78 is 15.9. The topological polar surface area (TPSA) is 74.0 Å². The highest BCUT2D eigenvalue weighted by Crippen LogP contribution is 2.40. The Morgan fingerprint density at radius 1 is 1.22 bits per heavy atom. The lowest BCUT2D eigenvalue weighted by Gasteiger charge is -2.23. The van der Waals surface area contributed by atoms with E-state index in [-0.39, 0.29) is 18.3 Å². The lowest BCUT2D eigenvalue weighted by molar-refractivity contribution is -0.119. The second-order valence-corrected chi connectivity index (χ2v) is 5.65. The van der Waals surface area contributed by atoms with Crippen LogP contribution < -0.4 is 24.8 Å². The molecule has 1 amide bonds. The van der Waals surface area contributed by atoms with Crippen LogP contribution in [0, 0.1) is 0 Å². The number of carbonyl (C=O) groups is 1. The summed E-state index contributed by atoms with van der Waals surface area (Å²) in [6, 6.07) is 2.91. The van der Waals surface area contributed by atoms with Crippen molar-refractivity contribution in [2.45, 2.75) is 12.5 Å². The molecule has 2 N–H and O–H groups in total. The quantitative estimate of drug-likeness (QED) is 0.762. The third-order valence-electron chi connectivity index (χ3n) is 3.32. The smallest absolute Gasteiger partial charge is 0.243 e. The molecular weight excluding hydrogens is 340 g/mol. The van der Waals surface area contributed by atoms with Gasteiger partial charge in [0.25, 0.3) is 0 Å². The Morgan fingerprint density at radius 2 is 1.74 bits per heavy atom. The van der Waals surface area contributed by atoms with Crippen molar-refractivity contribution >= 4 is 35.8 Å². The average molecular weight is 365 g/mol. The first kappa shape index (κ1) is 21.7. The molecule has 0 aromatic heterocycles. The molecule has 0 saturated carbocycles. The fraction of sp³-hybridized carbons (Fsp3) is 0.533. The number of nitrogens with zero attached hydrogens (tertiary/aromatic N) is 1. The summed E-state index contributed by atoms with van der Waals surface area (Å²) in [7, 11) is 6.29. The highest BCUT2D eigenvalue weighted by Gasteiger charge is 2.22. The van der Waals surface area contributed by atoms with Gasteiger partial charge in [0.2, 0.25) is 11.7 Å². The van der Waals surface area contributed by atoms with Crippen molar-refractivity contribution < 1.29 is 19.0 Å². The van der Waals surface area contributed by atoms with Crippen molar-refractivity contribution in [3.8, 4) is 17.2 Å². The van der Waals surface area contributed by atoms with Gasteiger partial charge in [-0.1, -0.05) is 0 Å². The van der Waals surface area contributed by atoms with Crippen LogP contribution in [0.5, 0.6) is 17.2 Å². The van der Waals surface area contributed by atoms with Crippen molar-refractivity contribution in [3.05, 3.63) is 12.1 Å². The first-order valence-electron chi connectivity index (χ1n) is 6.82. The molecule has 1 atom stereocenters. The number of halogens is 1. The molecule has 0 aliphatic heterocycles. The summed E-state index contributed by atoms with van der Waals surface area (Å²) in [6.45, 7) is 0. The third-order valence-corrected chi connectivity index (χ3v) is 3.96. The maximum atomic E-state index is 12.4. The van der Waals surface area contributed by atoms with E-state index in [0.29, 0.717) is 29.4 Å². The number of amides is 1. The molecule has 23 heavy (non-hydrogen) atoms. The van der Waals surface area contributed by atoms with Gasteiger partial charge in [0.15, 0.2) is 11.5 Å². The van der Waals surface area contributed by atoms with Crippen LogP contribution in [0.1, 0.15) is 6.42 Å². The van der Waals surface area contributed by atoms with Crippen LogP contribution in [0.3, 0.4) is 0 Å². The van der Waals surface area contributed by atoms with Gasteiger partial charge in [-0.2, -0.15) is 11.8 Å². The summed E-state index contributed by atoms with van der Waals surface area (Å²) in [5.41, 5.74) is 6.59. The van der Waals surface area contributed by atoms with Crippen LogP contribution in [-0.2, 0) is 4.79 Å². The molecule has 8 heteroatoms. The Bertz CT molecular complexity index is 491. The highest BCUT2D eigenvalue weighted by molar-refractivity contribution is 7.98. The van der Waals surface area contributed by atoms with Crippen molar-refractivity contribution in [1.29, 1.82) is 0 Å². The Morgan fingerprint density at radius 3 is 2.13 bits per heavy atom. The zero-order valence-corrected chi connectivity index (χ0v) is 15.8. The Kier molecular flexibility index (Phi) is 9.87. The molecular formula is C15H25ClN2O4S. The molecule has 0 spiro atoms. The molecule has 132 valence electrons. The Hall–Kier alpha value is -1.31. The molecule has 0 heterocycles. The highest BCUT2D eigenvalue weighted by atomic mass is 35.5. The van der Waals surface area contributed by atoms with Gasteiger partial charge in [0.1, 0.15) is 0 Å². The molecule has 0 unspecified atom stereocenters. The van der Waals surface area contributed by atoms with Gasteiger partial charge in [-0.3, -0.25) is 4.79 Å². The summed E-state index contributed by atoms with van der Waals surface area (Å²) in [5.74, 6) is 2.17. The number of methoxy groups -OCH3 is 3. The van der Waals surface area contributed by atoms with E-state index in [1.165, 1.54) is 26.2 Å². The number of hydrogen-bond acceptors (Lipinski definition) is 6. The first-order valence-corrected chi connectivity index (χ1v) is 8.21. The van der Waals surface area contributed by atoms with E-state index in [1.54, 1.807) is 30.9 Å². The second-order valence-electron chi connectivity index (χ2n) is 4.67. The number of thioether (sulfide) groups is 1. The van der Waals surface area contributed by atoms with Crippen LogP contribution in [0.25, 0.3) is 0 Å². The van der Waals surface area contributed by atoms with Crippen LogP contribution in [0.4, 0.5) is 5.69 Å². The van der Waals surface area contributed by atoms with E-state index >= 15 is 0 Å². The van der Waals surface area contributed by atoms with Crippen LogP contribution in [0.15, 0.2) is 12.1 Å². The largest absolute Gasteiger partial charge is 0.493 e. The van der Waals surface area contributed by atoms with E-state index in [1.807, 2.05) is 6.26 Å². The first-order chi connectivity index (χ1) is 10.5. The van der Waals surface area contributed by atoms with Crippen molar-refractivity contribution in [2.24, 2.45) is 5.73 Å². The zero-order valence-electron chi connectivity index (χ0n) is 14.1. The van der Waals surface area contributed by atoms with E-state index in [2.05, 4.69) is 0 Å². The zero-order chi connectivity index (χ0) is 16.7. The molecule has 0 radical (unpaired) electrons. The van der Waals surface area contributed by atoms with Gasteiger partial charge in [0, 0.05) is 19.2 Å². The predicted molar refractivity (Wildman–Crippen MR) is 97.7 cm³/mol. The molecule has 6 nitrogen and oxygen atoms in total. The minimum absolute atomic E-state index is 0. The Balaban J connectivity index is 0.00000484. The standard InChI is InChI=1S/C15H24N2O4S.ClH/c1-17(15(18)11(16)6-7-22-5)10-8-12(19-2)14(21-4)13(9-10)20-3;/h8-9,11H,6-7,16H2,1-5H3;1H/t11-;/m0./s1. The summed E-state index contributed by atoms with van der Waals surface area (Å²) in [6.07, 6.45) is 2.62. The SMILES string of the molecule is COc1cc(N(C)C(=O)[C@@H](N)CCSC)cc(OC)c1OC.Cl. The van der Waals surface area contributed by atoms with E-state index < -0.39 is 6.04 Å². The fourth-order valence-electron chi connectivity index (χ4n) is 2.01. The van der Waals surface area contributed by atoms with Crippen molar-refractivity contribution in [1.82, 2.24) is 0 Å². The second kappa shape index (κ2) is 10.5. The number of ether oxygens (including phenoxy) is 3. The maximum absolute atomic E-state index is 12.4. The molecule has 0 fully saturated rings. The Labute approximate surface area is 148 Å². The van der Waals surface area contributed by atoms with Gasteiger partial charge < -0.3 is 24.8 Å². The van der Waals surface area contributed by atoms with Gasteiger partial charge in [-0.25, -0.2) is 0 Å². The van der Waals surface area contributed by atoms with Crippen molar-refractivity contribution in [3.63, 3.8) is 0 Å². The number of benzene rings is 1. The lowest BCUT2D eigenvalue weighted by Crippen LogP contribution is -2.42. The maximum Gasteiger partial charge on any atom is 0.243 e. The lowest BCUT2D eigenvalue weighted by atomic mass is 10.2. The molecule has 0 aliphatic carbocycles. The van der Waals surface area contributed by atoms with Crippen LogP contribution >= 0.6 is 24.2 Å². The van der Waals surface area contributed by atoms with Crippen LogP contribution in [0.2, 0.25) is 0 Å². The summed E-state index contributed by atoms with van der Waals surface area (Å²) >= 11 is 1.66. The monoisotopic (exact) mass is 364 g/mol. The van der Waals surface area contributed by atoms with Gasteiger partial charge in [0.05, 0.1) is 33.1 Å². The third kappa shape index (κ3) is 5.37. The minimum Gasteiger partial charge on any atom is -0.493 e. The minimum atomic E-state index is -0.531. The number of hydrogen-bond donors (Lipinski definition) is 1. The summed E-state index contributed by atoms with van der Waals surface area (Å²) in [4.78, 5) is 13.9. The average Bonchev–Trinajstić information content (AvgIpc) is 2.56. The van der Waals surface area contributed by atoms with Crippen molar-refractivity contribution in [2.75, 3.05) is 45.3 Å². The van der Waals surface area contributed by atoms with E-state index in [9.17, 15) is 4.79 Å². The molecule has 0 saturated heterocycles. The number of anilines is 1. The van der Waals surface area contributed by atoms with Gasteiger partial charge in [-0.15, -0.1) is 12.4 Å².